The molecule has 0 fully saturated rings. The van der Waals surface area contributed by atoms with E-state index < -0.39 is 0 Å². The zero-order chi connectivity index (χ0) is 8.27. The van der Waals surface area contributed by atoms with E-state index in [0.29, 0.717) is 0 Å². The molecule has 0 aliphatic heterocycles. The monoisotopic (exact) mass is 232 g/mol. The molecule has 0 bridgehead atoms. The van der Waals surface area contributed by atoms with Gasteiger partial charge in [-0.2, -0.15) is 0 Å². The molecule has 62 valence electrons. The summed E-state index contributed by atoms with van der Waals surface area (Å²) in [5.74, 6) is 0. The van der Waals surface area contributed by atoms with Crippen molar-refractivity contribution in [1.82, 2.24) is 0 Å². The third-order valence-corrected chi connectivity index (χ3v) is 3.95. The summed E-state index contributed by atoms with van der Waals surface area (Å²) in [7, 11) is 0. The maximum absolute atomic E-state index is 3.53. The van der Waals surface area contributed by atoms with Gasteiger partial charge in [0.25, 0.3) is 0 Å². The van der Waals surface area contributed by atoms with E-state index in [0.717, 1.165) is 0 Å². The Labute approximate surface area is 80.8 Å². The van der Waals surface area contributed by atoms with Crippen molar-refractivity contribution >= 4 is 27.3 Å². The fraction of sp³-hybridized carbons (Fsp3) is 0.556. The lowest BCUT2D eigenvalue weighted by Gasteiger charge is -1.96. The minimum Gasteiger partial charge on any atom is -0.136 e. The van der Waals surface area contributed by atoms with Crippen molar-refractivity contribution in [3.8, 4) is 0 Å². The highest BCUT2D eigenvalue weighted by atomic mass is 79.9. The molecule has 0 N–H and O–H groups in total. The molecule has 0 saturated heterocycles. The third kappa shape index (κ3) is 2.31. The predicted octanol–water partition coefficient (Wildman–Crippen LogP) is 4.16. The van der Waals surface area contributed by atoms with E-state index >= 15 is 0 Å². The van der Waals surface area contributed by atoms with Crippen LogP contribution in [-0.2, 0) is 6.42 Å². The van der Waals surface area contributed by atoms with Crippen LogP contribution in [0.15, 0.2) is 9.17 Å². The maximum atomic E-state index is 3.53. The number of hydrogen-bond acceptors (Lipinski definition) is 1. The van der Waals surface area contributed by atoms with Crippen molar-refractivity contribution < 1.29 is 0 Å². The minimum absolute atomic E-state index is 1.24. The number of unbranched alkanes of at least 4 members (excludes halogenated alkanes) is 1. The number of thiophene rings is 1. The van der Waals surface area contributed by atoms with Gasteiger partial charge in [0, 0.05) is 0 Å². The number of rotatable bonds is 3. The number of aryl methyl sites for hydroxylation is 1. The van der Waals surface area contributed by atoms with Crippen LogP contribution in [-0.4, -0.2) is 0 Å². The molecule has 0 saturated carbocycles. The van der Waals surface area contributed by atoms with Crippen LogP contribution in [0.3, 0.4) is 0 Å². The van der Waals surface area contributed by atoms with Crippen molar-refractivity contribution in [2.75, 3.05) is 0 Å². The summed E-state index contributed by atoms with van der Waals surface area (Å²) in [5, 5.41) is 2.26. The Morgan fingerprint density at radius 3 is 2.73 bits per heavy atom. The van der Waals surface area contributed by atoms with Crippen LogP contribution < -0.4 is 0 Å². The summed E-state index contributed by atoms with van der Waals surface area (Å²) < 4.78 is 1.30. The van der Waals surface area contributed by atoms with E-state index in [2.05, 4.69) is 35.2 Å². The van der Waals surface area contributed by atoms with Crippen LogP contribution in [0.4, 0.5) is 0 Å². The molecule has 0 aromatic carbocycles. The van der Waals surface area contributed by atoms with Gasteiger partial charge in [-0.15, -0.1) is 11.3 Å². The van der Waals surface area contributed by atoms with Gasteiger partial charge < -0.3 is 0 Å². The second-order valence-corrected chi connectivity index (χ2v) is 4.96. The molecule has 0 nitrogen and oxygen atoms in total. The maximum Gasteiger partial charge on any atom is 0.0730 e. The molecule has 0 aliphatic carbocycles. The first-order valence-electron chi connectivity index (χ1n) is 3.98. The van der Waals surface area contributed by atoms with Gasteiger partial charge in [0.05, 0.1) is 3.79 Å². The molecule has 0 unspecified atom stereocenters. The predicted molar refractivity (Wildman–Crippen MR) is 55.4 cm³/mol. The highest BCUT2D eigenvalue weighted by molar-refractivity contribution is 9.11. The van der Waals surface area contributed by atoms with Gasteiger partial charge in [-0.3, -0.25) is 0 Å². The van der Waals surface area contributed by atoms with E-state index in [1.54, 1.807) is 11.3 Å². The van der Waals surface area contributed by atoms with E-state index in [1.165, 1.54) is 34.2 Å². The second kappa shape index (κ2) is 4.27. The summed E-state index contributed by atoms with van der Waals surface area (Å²) in [4.78, 5) is 0. The molecular formula is C9H13BrS. The average molecular weight is 233 g/mol. The van der Waals surface area contributed by atoms with Gasteiger partial charge in [0.2, 0.25) is 0 Å². The molecule has 1 heterocycles. The number of halogens is 1. The Kier molecular flexibility index (Phi) is 3.60. The van der Waals surface area contributed by atoms with Crippen LogP contribution in [0, 0.1) is 6.92 Å². The quantitative estimate of drug-likeness (QED) is 0.735. The molecule has 0 atom stereocenters. The lowest BCUT2D eigenvalue weighted by Crippen LogP contribution is -1.83. The first kappa shape index (κ1) is 9.27. The van der Waals surface area contributed by atoms with Gasteiger partial charge in [0.1, 0.15) is 0 Å². The van der Waals surface area contributed by atoms with Gasteiger partial charge in [-0.05, 0) is 52.2 Å². The van der Waals surface area contributed by atoms with Gasteiger partial charge >= 0.3 is 0 Å². The highest BCUT2D eigenvalue weighted by Crippen LogP contribution is 2.28. The van der Waals surface area contributed by atoms with Crippen molar-refractivity contribution in [2.24, 2.45) is 0 Å². The molecule has 1 aromatic rings. The Morgan fingerprint density at radius 2 is 2.27 bits per heavy atom. The molecule has 0 aliphatic rings. The Bertz CT molecular complexity index is 227. The third-order valence-electron chi connectivity index (χ3n) is 1.88. The SMILES string of the molecule is CCCCc1csc(Br)c1C. The standard InChI is InChI=1S/C9H13BrS/c1-3-4-5-8-6-11-9(10)7(8)2/h6H,3-5H2,1-2H3. The van der Waals surface area contributed by atoms with Crippen LogP contribution in [0.5, 0.6) is 0 Å². The van der Waals surface area contributed by atoms with Gasteiger partial charge in [0.15, 0.2) is 0 Å². The fourth-order valence-corrected chi connectivity index (χ4v) is 2.42. The van der Waals surface area contributed by atoms with Crippen molar-refractivity contribution in [2.45, 2.75) is 33.1 Å². The highest BCUT2D eigenvalue weighted by Gasteiger charge is 2.03. The summed E-state index contributed by atoms with van der Waals surface area (Å²) in [6.45, 7) is 4.42. The first-order valence-corrected chi connectivity index (χ1v) is 5.65. The molecule has 0 amide bonds. The van der Waals surface area contributed by atoms with Crippen molar-refractivity contribution in [3.63, 3.8) is 0 Å². The lowest BCUT2D eigenvalue weighted by molar-refractivity contribution is 0.793. The average Bonchev–Trinajstić information content (AvgIpc) is 2.31. The second-order valence-electron chi connectivity index (χ2n) is 2.76. The molecular weight excluding hydrogens is 220 g/mol. The molecule has 11 heavy (non-hydrogen) atoms. The normalized spacial score (nSPS) is 10.5. The smallest absolute Gasteiger partial charge is 0.0730 e. The summed E-state index contributed by atoms with van der Waals surface area (Å²) in [5.41, 5.74) is 2.95. The van der Waals surface area contributed by atoms with E-state index in [9.17, 15) is 0 Å². The van der Waals surface area contributed by atoms with Crippen LogP contribution >= 0.6 is 27.3 Å². The van der Waals surface area contributed by atoms with Gasteiger partial charge in [-0.1, -0.05) is 13.3 Å². The van der Waals surface area contributed by atoms with E-state index in [-0.39, 0.29) is 0 Å². The molecule has 1 rings (SSSR count). The zero-order valence-electron chi connectivity index (χ0n) is 6.98. The van der Waals surface area contributed by atoms with E-state index in [4.69, 9.17) is 0 Å². The molecule has 1 aromatic heterocycles. The summed E-state index contributed by atoms with van der Waals surface area (Å²) >= 11 is 5.32. The Morgan fingerprint density at radius 1 is 1.55 bits per heavy atom. The Balaban J connectivity index is 2.63. The van der Waals surface area contributed by atoms with Gasteiger partial charge in [-0.25, -0.2) is 0 Å². The van der Waals surface area contributed by atoms with E-state index in [1.807, 2.05) is 0 Å². The van der Waals surface area contributed by atoms with Crippen molar-refractivity contribution in [3.05, 3.63) is 20.3 Å². The van der Waals surface area contributed by atoms with Crippen LogP contribution in [0.2, 0.25) is 0 Å². The first-order chi connectivity index (χ1) is 5.25. The van der Waals surface area contributed by atoms with Crippen LogP contribution in [0.25, 0.3) is 0 Å². The van der Waals surface area contributed by atoms with Crippen molar-refractivity contribution in [1.29, 1.82) is 0 Å². The van der Waals surface area contributed by atoms with Crippen LogP contribution in [0.1, 0.15) is 30.9 Å². The molecule has 0 spiro atoms. The topological polar surface area (TPSA) is 0 Å². The molecule has 2 heteroatoms. The lowest BCUT2D eigenvalue weighted by atomic mass is 10.1. The largest absolute Gasteiger partial charge is 0.136 e. The summed E-state index contributed by atoms with van der Waals surface area (Å²) in [6.07, 6.45) is 3.83. The zero-order valence-corrected chi connectivity index (χ0v) is 9.39. The Hall–Kier alpha value is 0.180. The molecule has 0 radical (unpaired) electrons. The summed E-state index contributed by atoms with van der Waals surface area (Å²) in [6, 6.07) is 0. The minimum atomic E-state index is 1.24. The number of hydrogen-bond donors (Lipinski definition) is 0. The fourth-order valence-electron chi connectivity index (χ4n) is 1.04.